The van der Waals surface area contributed by atoms with Gasteiger partial charge in [0.25, 0.3) is 5.69 Å². The summed E-state index contributed by atoms with van der Waals surface area (Å²) >= 11 is 0. The molecule has 12 nitrogen and oxygen atoms in total. The van der Waals surface area contributed by atoms with Crippen molar-refractivity contribution < 1.29 is 30.6 Å². The number of nitro benzene ring substituents is 1. The van der Waals surface area contributed by atoms with E-state index in [1.807, 2.05) is 0 Å². The first-order chi connectivity index (χ1) is 14.8. The molecule has 1 fully saturated rings. The monoisotopic (exact) mass is 441 g/mol. The molecular formula is C19H31N5O7. The molecule has 1 heterocycles. The summed E-state index contributed by atoms with van der Waals surface area (Å²) in [5, 5.41) is 64.9. The van der Waals surface area contributed by atoms with Gasteiger partial charge in [0.15, 0.2) is 5.84 Å². The Morgan fingerprint density at radius 3 is 2.58 bits per heavy atom. The van der Waals surface area contributed by atoms with Crippen molar-refractivity contribution in [3.8, 4) is 0 Å². The third-order valence-corrected chi connectivity index (χ3v) is 5.50. The molecule has 0 bridgehead atoms. The minimum Gasteiger partial charge on any atom is -0.409 e. The van der Waals surface area contributed by atoms with E-state index in [1.54, 1.807) is 4.90 Å². The molecule has 1 aromatic rings. The number of β-amino-alcohol motifs (C(OH)–C–C–N with tert-alkyl or cyclic N) is 1. The third kappa shape index (κ3) is 6.48. The molecule has 0 aliphatic carbocycles. The Morgan fingerprint density at radius 1 is 1.23 bits per heavy atom. The summed E-state index contributed by atoms with van der Waals surface area (Å²) in [5.41, 5.74) is 5.91. The molecule has 2 rings (SSSR count). The quantitative estimate of drug-likeness (QED) is 0.0582. The maximum atomic E-state index is 11.3. The van der Waals surface area contributed by atoms with E-state index >= 15 is 0 Å². The van der Waals surface area contributed by atoms with Gasteiger partial charge in [-0.25, -0.2) is 0 Å². The van der Waals surface area contributed by atoms with Crippen LogP contribution in [0, 0.1) is 10.1 Å². The van der Waals surface area contributed by atoms with Gasteiger partial charge < -0.3 is 36.7 Å². The Balaban J connectivity index is 1.75. The molecular weight excluding hydrogens is 410 g/mol. The lowest BCUT2D eigenvalue weighted by atomic mass is 9.94. The first kappa shape index (κ1) is 24.8. The summed E-state index contributed by atoms with van der Waals surface area (Å²) in [6.45, 7) is 0.981. The van der Waals surface area contributed by atoms with Gasteiger partial charge in [-0.2, -0.15) is 0 Å². The third-order valence-electron chi connectivity index (χ3n) is 5.50. The summed E-state index contributed by atoms with van der Waals surface area (Å²) in [6.07, 6.45) is -0.246. The van der Waals surface area contributed by atoms with Gasteiger partial charge in [-0.3, -0.25) is 15.0 Å². The predicted molar refractivity (Wildman–Crippen MR) is 113 cm³/mol. The smallest absolute Gasteiger partial charge is 0.293 e. The van der Waals surface area contributed by atoms with Gasteiger partial charge in [-0.15, -0.1) is 0 Å². The topological polar surface area (TPSA) is 198 Å². The van der Waals surface area contributed by atoms with Gasteiger partial charge in [-0.05, 0) is 31.5 Å². The molecule has 0 saturated carbocycles. The van der Waals surface area contributed by atoms with E-state index in [9.17, 15) is 30.5 Å². The molecule has 0 amide bonds. The number of benzene rings is 1. The molecule has 174 valence electrons. The van der Waals surface area contributed by atoms with Crippen LogP contribution in [0.3, 0.4) is 0 Å². The van der Waals surface area contributed by atoms with Crippen molar-refractivity contribution in [2.45, 2.75) is 50.0 Å². The number of nitrogens with one attached hydrogen (secondary N) is 1. The summed E-state index contributed by atoms with van der Waals surface area (Å²) in [6, 6.07) is 3.68. The van der Waals surface area contributed by atoms with Gasteiger partial charge in [-0.1, -0.05) is 18.0 Å². The number of likely N-dealkylation sites (tertiary alicyclic amines) is 1. The number of aliphatic hydroxyl groups is 4. The number of nitrogens with zero attached hydrogens (tertiary/aromatic N) is 3. The minimum atomic E-state index is -1.26. The standard InChI is InChI=1S/C19H31N5O7/c20-19(22-29)12-5-6-13(14(9-12)24(30)31)21-7-3-1-2-4-8-23-10-16(26)18(28)17(27)15(23)11-25/h5-6,9,15-18,21,25-29H,1-4,7-8,10-11H2,(H2,20,22)/t15-,16+,17-,18-/m1/s1. The second-order valence-corrected chi connectivity index (χ2v) is 7.61. The Labute approximate surface area is 179 Å². The Kier molecular flexibility index (Phi) is 9.40. The minimum absolute atomic E-state index is 0.163. The van der Waals surface area contributed by atoms with E-state index in [0.29, 0.717) is 18.8 Å². The number of oxime groups is 1. The summed E-state index contributed by atoms with van der Waals surface area (Å²) in [4.78, 5) is 12.5. The fourth-order valence-corrected chi connectivity index (χ4v) is 3.70. The zero-order chi connectivity index (χ0) is 23.0. The molecule has 4 atom stereocenters. The molecule has 8 N–H and O–H groups in total. The van der Waals surface area contributed by atoms with Crippen LogP contribution in [0.2, 0.25) is 0 Å². The number of aliphatic hydroxyl groups excluding tert-OH is 4. The average molecular weight is 441 g/mol. The fourth-order valence-electron chi connectivity index (χ4n) is 3.70. The van der Waals surface area contributed by atoms with E-state index in [1.165, 1.54) is 18.2 Å². The molecule has 1 saturated heterocycles. The van der Waals surface area contributed by atoms with Crippen LogP contribution in [0.15, 0.2) is 23.4 Å². The van der Waals surface area contributed by atoms with E-state index < -0.39 is 29.3 Å². The lowest BCUT2D eigenvalue weighted by Crippen LogP contribution is -2.62. The van der Waals surface area contributed by atoms with Crippen LogP contribution in [0.4, 0.5) is 11.4 Å². The highest BCUT2D eigenvalue weighted by Gasteiger charge is 2.40. The summed E-state index contributed by atoms with van der Waals surface area (Å²) < 4.78 is 0. The maximum absolute atomic E-state index is 11.3. The first-order valence-electron chi connectivity index (χ1n) is 10.2. The van der Waals surface area contributed by atoms with Crippen LogP contribution in [0.5, 0.6) is 0 Å². The maximum Gasteiger partial charge on any atom is 0.293 e. The van der Waals surface area contributed by atoms with Crippen molar-refractivity contribution >= 4 is 17.2 Å². The van der Waals surface area contributed by atoms with E-state index in [4.69, 9.17) is 10.9 Å². The molecule has 0 aromatic heterocycles. The van der Waals surface area contributed by atoms with Crippen molar-refractivity contribution in [1.29, 1.82) is 0 Å². The van der Waals surface area contributed by atoms with Crippen molar-refractivity contribution in [2.75, 3.05) is 31.6 Å². The molecule has 1 aliphatic heterocycles. The van der Waals surface area contributed by atoms with Crippen LogP contribution in [0.1, 0.15) is 31.2 Å². The molecule has 1 aromatic carbocycles. The van der Waals surface area contributed by atoms with E-state index in [0.717, 1.165) is 25.7 Å². The Morgan fingerprint density at radius 2 is 1.94 bits per heavy atom. The largest absolute Gasteiger partial charge is 0.409 e. The lowest BCUT2D eigenvalue weighted by Gasteiger charge is -2.43. The summed E-state index contributed by atoms with van der Waals surface area (Å²) in [5.74, 6) is -0.207. The van der Waals surface area contributed by atoms with Crippen molar-refractivity contribution in [3.05, 3.63) is 33.9 Å². The first-order valence-corrected chi connectivity index (χ1v) is 10.2. The van der Waals surface area contributed by atoms with E-state index in [-0.39, 0.29) is 30.2 Å². The summed E-state index contributed by atoms with van der Waals surface area (Å²) in [7, 11) is 0. The highest BCUT2D eigenvalue weighted by atomic mass is 16.6. The number of anilines is 1. The Bertz CT molecular complexity index is 763. The lowest BCUT2D eigenvalue weighted by molar-refractivity contribution is -0.384. The molecule has 1 aliphatic rings. The average Bonchev–Trinajstić information content (AvgIpc) is 2.76. The molecule has 12 heteroatoms. The van der Waals surface area contributed by atoms with Gasteiger partial charge in [0.2, 0.25) is 0 Å². The Hall–Kier alpha value is -2.51. The zero-order valence-corrected chi connectivity index (χ0v) is 17.2. The molecule has 0 radical (unpaired) electrons. The second-order valence-electron chi connectivity index (χ2n) is 7.61. The number of hydrogen-bond acceptors (Lipinski definition) is 10. The van der Waals surface area contributed by atoms with Gasteiger partial charge >= 0.3 is 0 Å². The van der Waals surface area contributed by atoms with Gasteiger partial charge in [0.05, 0.1) is 23.7 Å². The van der Waals surface area contributed by atoms with Crippen LogP contribution in [-0.4, -0.2) is 91.9 Å². The van der Waals surface area contributed by atoms with Gasteiger partial charge in [0.1, 0.15) is 17.9 Å². The predicted octanol–water partition coefficient (Wildman–Crippen LogP) is -0.579. The van der Waals surface area contributed by atoms with Crippen LogP contribution in [-0.2, 0) is 0 Å². The van der Waals surface area contributed by atoms with E-state index in [2.05, 4.69) is 10.5 Å². The molecule has 0 spiro atoms. The van der Waals surface area contributed by atoms with Crippen molar-refractivity contribution in [2.24, 2.45) is 10.9 Å². The highest BCUT2D eigenvalue weighted by molar-refractivity contribution is 5.98. The fraction of sp³-hybridized carbons (Fsp3) is 0.632. The van der Waals surface area contributed by atoms with Gasteiger partial charge in [0, 0.05) is 24.7 Å². The SMILES string of the molecule is NC(=NO)c1ccc(NCCCCCCN2C[C@H](O)[C@@H](O)[C@H](O)[C@H]2CO)c([N+](=O)[O-])c1. The number of rotatable bonds is 11. The number of hydrogen-bond donors (Lipinski definition) is 7. The van der Waals surface area contributed by atoms with Crippen LogP contribution in [0.25, 0.3) is 0 Å². The number of amidine groups is 1. The number of piperidine rings is 1. The van der Waals surface area contributed by atoms with Crippen LogP contribution >= 0.6 is 0 Å². The normalized spacial score (nSPS) is 24.8. The van der Waals surface area contributed by atoms with Crippen molar-refractivity contribution in [3.63, 3.8) is 0 Å². The number of nitrogens with two attached hydrogens (primary N) is 1. The van der Waals surface area contributed by atoms with Crippen LogP contribution < -0.4 is 11.1 Å². The van der Waals surface area contributed by atoms with Crippen molar-refractivity contribution in [1.82, 2.24) is 4.90 Å². The molecule has 31 heavy (non-hydrogen) atoms. The molecule has 0 unspecified atom stereocenters. The second kappa shape index (κ2) is 11.8. The number of unbranched alkanes of at least 4 members (excludes halogenated alkanes) is 3. The highest BCUT2D eigenvalue weighted by Crippen LogP contribution is 2.26. The number of nitro groups is 1. The zero-order valence-electron chi connectivity index (χ0n) is 17.2.